The van der Waals surface area contributed by atoms with Crippen molar-refractivity contribution >= 4 is 44.1 Å². The van der Waals surface area contributed by atoms with Crippen molar-refractivity contribution in [2.45, 2.75) is 11.8 Å². The van der Waals surface area contributed by atoms with Crippen LogP contribution < -0.4 is 4.90 Å². The van der Waals surface area contributed by atoms with Gasteiger partial charge in [0, 0.05) is 63.2 Å². The normalized spacial score (nSPS) is 14.7. The van der Waals surface area contributed by atoms with Crippen LogP contribution in [-0.4, -0.2) is 14.1 Å². The van der Waals surface area contributed by atoms with Gasteiger partial charge in [0.2, 0.25) is 0 Å². The first-order valence-electron chi connectivity index (χ1n) is 22.9. The highest BCUT2D eigenvalue weighted by Gasteiger charge is 2.40. The first-order chi connectivity index (χ1) is 33.2. The van der Waals surface area contributed by atoms with E-state index >= 15 is 0 Å². The van der Waals surface area contributed by atoms with Crippen LogP contribution in [-0.2, 0) is 11.8 Å². The molecule has 0 saturated heterocycles. The molecular weight excluding hydrogens is 813 g/mol. The van der Waals surface area contributed by atoms with Crippen molar-refractivity contribution < 1.29 is 0 Å². The molecule has 0 radical (unpaired) electrons. The quantitative estimate of drug-likeness (QED) is 0.152. The van der Waals surface area contributed by atoms with Crippen LogP contribution in [0.15, 0.2) is 273 Å². The fourth-order valence-electron chi connectivity index (χ4n) is 10.5. The molecule has 12 rings (SSSR count). The maximum atomic E-state index is 5.07. The third-order valence-electron chi connectivity index (χ3n) is 13.5. The minimum absolute atomic E-state index is 0.679. The molecule has 4 heteroatoms. The molecule has 0 fully saturated rings. The zero-order valence-electron chi connectivity index (χ0n) is 37.0. The van der Waals surface area contributed by atoms with Gasteiger partial charge in [0.05, 0.1) is 22.0 Å². The van der Waals surface area contributed by atoms with Crippen LogP contribution in [0.3, 0.4) is 0 Å². The van der Waals surface area contributed by atoms with E-state index in [9.17, 15) is 0 Å². The van der Waals surface area contributed by atoms with E-state index in [0.717, 1.165) is 62.6 Å². The SMILES string of the molecule is C=C1/C=C(N(c2ccc(-c3ccncc3)cc2)c2ccc3c(c2)c2ccc4c(ccn4-c4ccccc4)c2n3-c2ccccc2)\C=C/Cc2ccccc2C1(c1ccccc1)c1ccccc1. The molecule has 3 aromatic heterocycles. The van der Waals surface area contributed by atoms with Gasteiger partial charge >= 0.3 is 0 Å². The van der Waals surface area contributed by atoms with Crippen LogP contribution in [0.25, 0.3) is 55.2 Å². The molecule has 11 aromatic rings. The fraction of sp³-hybridized carbons (Fsp3) is 0.0317. The number of fused-ring (bicyclic) bond motifs is 6. The van der Waals surface area contributed by atoms with Crippen LogP contribution in [0.5, 0.6) is 0 Å². The summed E-state index contributed by atoms with van der Waals surface area (Å²) in [5.41, 5.74) is 16.2. The predicted octanol–water partition coefficient (Wildman–Crippen LogP) is 15.5. The number of aromatic nitrogens is 3. The number of benzene rings is 8. The van der Waals surface area contributed by atoms with Gasteiger partial charge in [0.1, 0.15) is 0 Å². The van der Waals surface area contributed by atoms with E-state index in [1.165, 1.54) is 43.9 Å². The number of nitrogens with zero attached hydrogens (tertiary/aromatic N) is 4. The number of hydrogen-bond acceptors (Lipinski definition) is 2. The maximum absolute atomic E-state index is 5.07. The Bertz CT molecular complexity index is 3600. The fourth-order valence-corrected chi connectivity index (χ4v) is 10.5. The summed E-state index contributed by atoms with van der Waals surface area (Å²) in [5.74, 6) is 0. The van der Waals surface area contributed by atoms with Crippen molar-refractivity contribution in [1.82, 2.24) is 14.1 Å². The monoisotopic (exact) mass is 858 g/mol. The van der Waals surface area contributed by atoms with Crippen molar-refractivity contribution in [2.24, 2.45) is 0 Å². The molecule has 1 aliphatic rings. The second-order valence-electron chi connectivity index (χ2n) is 17.2. The van der Waals surface area contributed by atoms with Crippen molar-refractivity contribution in [2.75, 3.05) is 4.90 Å². The van der Waals surface area contributed by atoms with Gasteiger partial charge in [-0.3, -0.25) is 4.98 Å². The summed E-state index contributed by atoms with van der Waals surface area (Å²) in [6.45, 7) is 5.07. The lowest BCUT2D eigenvalue weighted by Crippen LogP contribution is -2.32. The molecule has 8 aromatic carbocycles. The molecule has 0 unspecified atom stereocenters. The van der Waals surface area contributed by atoms with Crippen LogP contribution in [0, 0.1) is 0 Å². The maximum Gasteiger partial charge on any atom is 0.0699 e. The number of hydrogen-bond donors (Lipinski definition) is 0. The Kier molecular flexibility index (Phi) is 9.92. The van der Waals surface area contributed by atoms with Gasteiger partial charge in [-0.15, -0.1) is 0 Å². The van der Waals surface area contributed by atoms with Crippen LogP contribution >= 0.6 is 0 Å². The van der Waals surface area contributed by atoms with Crippen molar-refractivity contribution in [3.05, 3.63) is 295 Å². The molecule has 67 heavy (non-hydrogen) atoms. The first kappa shape index (κ1) is 39.8. The van der Waals surface area contributed by atoms with E-state index in [2.05, 4.69) is 262 Å². The van der Waals surface area contributed by atoms with Crippen LogP contribution in [0.4, 0.5) is 11.4 Å². The highest BCUT2D eigenvalue weighted by atomic mass is 15.1. The molecule has 0 spiro atoms. The highest BCUT2D eigenvalue weighted by molar-refractivity contribution is 6.19. The Morgan fingerprint density at radius 1 is 0.507 bits per heavy atom. The third-order valence-corrected chi connectivity index (χ3v) is 13.5. The lowest BCUT2D eigenvalue weighted by atomic mass is 9.63. The molecule has 4 nitrogen and oxygen atoms in total. The molecule has 0 bridgehead atoms. The Morgan fingerprint density at radius 2 is 1.10 bits per heavy atom. The molecule has 318 valence electrons. The van der Waals surface area contributed by atoms with Gasteiger partial charge < -0.3 is 14.0 Å². The summed E-state index contributed by atoms with van der Waals surface area (Å²) in [7, 11) is 0. The minimum atomic E-state index is -0.679. The van der Waals surface area contributed by atoms with E-state index in [-0.39, 0.29) is 0 Å². The topological polar surface area (TPSA) is 26.0 Å². The van der Waals surface area contributed by atoms with Crippen LogP contribution in [0.1, 0.15) is 22.3 Å². The largest absolute Gasteiger partial charge is 0.316 e. The standard InChI is InChI=1S/C63H46N4/c1-45-43-54(27-16-18-48-17-14-15-28-59(48)63(45,49-19-6-2-7-20-49)50-21-8-3-9-22-50)66(53-31-29-46(30-32-53)47-37-40-64-41-38-47)55-33-35-61-58(44-55)56-34-36-60-57(39-42-65(60)51-23-10-4-11-24-51)62(56)67(61)52-25-12-5-13-26-52/h2-17,19-44H,1,18H2/b27-16-,54-43+. The lowest BCUT2D eigenvalue weighted by Gasteiger charge is -2.39. The van der Waals surface area contributed by atoms with E-state index in [4.69, 9.17) is 6.58 Å². The number of pyridine rings is 1. The Labute approximate surface area is 391 Å². The number of para-hydroxylation sites is 2. The van der Waals surface area contributed by atoms with Gasteiger partial charge in [-0.1, -0.05) is 152 Å². The Hall–Kier alpha value is -8.73. The third kappa shape index (κ3) is 6.73. The Morgan fingerprint density at radius 3 is 1.81 bits per heavy atom. The molecule has 0 saturated carbocycles. The molecule has 0 aliphatic heterocycles. The van der Waals surface area contributed by atoms with E-state index in [1.807, 2.05) is 12.4 Å². The van der Waals surface area contributed by atoms with Crippen LogP contribution in [0.2, 0.25) is 0 Å². The number of rotatable bonds is 8. The van der Waals surface area contributed by atoms with E-state index in [1.54, 1.807) is 0 Å². The molecule has 0 N–H and O–H groups in total. The molecule has 0 atom stereocenters. The second-order valence-corrected chi connectivity index (χ2v) is 17.2. The zero-order chi connectivity index (χ0) is 44.7. The minimum Gasteiger partial charge on any atom is -0.316 e. The number of allylic oxidation sites excluding steroid dienone is 4. The number of anilines is 2. The summed E-state index contributed by atoms with van der Waals surface area (Å²) < 4.78 is 4.73. The summed E-state index contributed by atoms with van der Waals surface area (Å²) in [6, 6.07) is 78.9. The van der Waals surface area contributed by atoms with Gasteiger partial charge in [-0.2, -0.15) is 0 Å². The van der Waals surface area contributed by atoms with Gasteiger partial charge in [0.25, 0.3) is 0 Å². The zero-order valence-corrected chi connectivity index (χ0v) is 37.0. The second kappa shape index (κ2) is 16.7. The van der Waals surface area contributed by atoms with Gasteiger partial charge in [-0.05, 0) is 136 Å². The average Bonchev–Trinajstić information content (AvgIpc) is 3.99. The smallest absolute Gasteiger partial charge is 0.0699 e. The van der Waals surface area contributed by atoms with Gasteiger partial charge in [-0.25, -0.2) is 0 Å². The predicted molar refractivity (Wildman–Crippen MR) is 279 cm³/mol. The first-order valence-corrected chi connectivity index (χ1v) is 22.9. The molecular formula is C63H46N4. The lowest BCUT2D eigenvalue weighted by molar-refractivity contribution is 0.736. The summed E-state index contributed by atoms with van der Waals surface area (Å²) >= 11 is 0. The van der Waals surface area contributed by atoms with Crippen molar-refractivity contribution in [3.63, 3.8) is 0 Å². The molecule has 3 heterocycles. The van der Waals surface area contributed by atoms with Gasteiger partial charge in [0.15, 0.2) is 0 Å². The molecule has 0 amide bonds. The summed E-state index contributed by atoms with van der Waals surface area (Å²) in [6.07, 6.45) is 13.6. The highest BCUT2D eigenvalue weighted by Crippen LogP contribution is 2.49. The van der Waals surface area contributed by atoms with E-state index in [0.29, 0.717) is 0 Å². The average molecular weight is 859 g/mol. The molecule has 1 aliphatic carbocycles. The van der Waals surface area contributed by atoms with Crippen molar-refractivity contribution in [1.29, 1.82) is 0 Å². The van der Waals surface area contributed by atoms with Crippen molar-refractivity contribution in [3.8, 4) is 22.5 Å². The van der Waals surface area contributed by atoms with E-state index < -0.39 is 5.41 Å². The Balaban J connectivity index is 1.11. The summed E-state index contributed by atoms with van der Waals surface area (Å²) in [5, 5.41) is 3.56. The summed E-state index contributed by atoms with van der Waals surface area (Å²) in [4.78, 5) is 6.69.